The molecule has 1 aliphatic heterocycles. The van der Waals surface area contributed by atoms with Crippen molar-refractivity contribution in [2.24, 2.45) is 5.92 Å². The molecule has 1 aliphatic rings. The van der Waals surface area contributed by atoms with Gasteiger partial charge in [0.25, 0.3) is 0 Å². The Morgan fingerprint density at radius 3 is 2.23 bits per heavy atom. The molecule has 0 amide bonds. The first kappa shape index (κ1) is 20.6. The summed E-state index contributed by atoms with van der Waals surface area (Å²) in [5.74, 6) is -0.296. The molecule has 2 N–H and O–H groups in total. The zero-order chi connectivity index (χ0) is 18.8. The van der Waals surface area contributed by atoms with Crippen molar-refractivity contribution in [2.75, 3.05) is 0 Å². The Hall–Kier alpha value is -1.71. The van der Waals surface area contributed by atoms with Crippen molar-refractivity contribution in [3.05, 3.63) is 17.7 Å². The molecule has 1 aromatic rings. The van der Waals surface area contributed by atoms with Crippen molar-refractivity contribution >= 4 is 5.97 Å². The number of carbonyl (C=O) groups excluding carboxylic acids is 1. The van der Waals surface area contributed by atoms with Gasteiger partial charge in [0, 0.05) is 11.6 Å². The quantitative estimate of drug-likeness (QED) is 0.293. The number of fused-ring (bicyclic) bond motifs is 1. The fraction of sp³-hybridized carbons (Fsp3) is 0.682. The van der Waals surface area contributed by atoms with Crippen LogP contribution in [0.5, 0.6) is 17.2 Å². The molecule has 0 saturated carbocycles. The lowest BCUT2D eigenvalue weighted by Gasteiger charge is -2.12. The molecule has 0 bridgehead atoms. The van der Waals surface area contributed by atoms with Crippen molar-refractivity contribution in [3.63, 3.8) is 0 Å². The summed E-state index contributed by atoms with van der Waals surface area (Å²) < 4.78 is 5.40. The Balaban J connectivity index is 1.64. The summed E-state index contributed by atoms with van der Waals surface area (Å²) in [5, 5.41) is 19.5. The minimum absolute atomic E-state index is 0.00504. The maximum Gasteiger partial charge on any atom is 0.314 e. The first-order valence-electron chi connectivity index (χ1n) is 10.4. The third-order valence-corrected chi connectivity index (χ3v) is 5.34. The van der Waals surface area contributed by atoms with E-state index in [1.54, 1.807) is 6.07 Å². The second-order valence-electron chi connectivity index (χ2n) is 7.58. The van der Waals surface area contributed by atoms with E-state index in [-0.39, 0.29) is 29.1 Å². The van der Waals surface area contributed by atoms with Crippen LogP contribution in [0.25, 0.3) is 0 Å². The van der Waals surface area contributed by atoms with Crippen LogP contribution in [0.2, 0.25) is 0 Å². The number of aryl methyl sites for hydroxylation is 1. The Morgan fingerprint density at radius 1 is 0.962 bits per heavy atom. The number of hydrogen-bond donors (Lipinski definition) is 2. The molecule has 1 aromatic carbocycles. The smallest absolute Gasteiger partial charge is 0.314 e. The molecule has 0 radical (unpaired) electrons. The first-order chi connectivity index (χ1) is 12.6. The largest absolute Gasteiger partial charge is 0.508 e. The number of rotatable bonds is 11. The van der Waals surface area contributed by atoms with Gasteiger partial charge >= 0.3 is 5.97 Å². The molecular weight excluding hydrogens is 328 g/mol. The molecule has 0 fully saturated rings. The third kappa shape index (κ3) is 6.54. The maximum atomic E-state index is 12.3. The normalized spacial score (nSPS) is 16.8. The van der Waals surface area contributed by atoms with Crippen LogP contribution in [0.3, 0.4) is 0 Å². The highest BCUT2D eigenvalue weighted by molar-refractivity contribution is 5.77. The Kier molecular flexibility index (Phi) is 8.79. The zero-order valence-corrected chi connectivity index (χ0v) is 16.1. The van der Waals surface area contributed by atoms with Crippen LogP contribution in [0.15, 0.2) is 12.1 Å². The lowest BCUT2D eigenvalue weighted by atomic mass is 9.94. The van der Waals surface area contributed by atoms with Crippen LogP contribution in [0.1, 0.15) is 89.5 Å². The van der Waals surface area contributed by atoms with Gasteiger partial charge in [-0.3, -0.25) is 4.79 Å². The maximum absolute atomic E-state index is 12.3. The van der Waals surface area contributed by atoms with Gasteiger partial charge in [0.2, 0.25) is 0 Å². The highest BCUT2D eigenvalue weighted by Crippen LogP contribution is 2.38. The summed E-state index contributed by atoms with van der Waals surface area (Å²) in [6, 6.07) is 2.79. The fourth-order valence-electron chi connectivity index (χ4n) is 3.73. The number of ether oxygens (including phenoxy) is 1. The SMILES string of the molecule is CCCCCCCCCCCCC1CCc2cc(O)cc(O)c2OC1=O. The van der Waals surface area contributed by atoms with Gasteiger partial charge in [0.15, 0.2) is 11.5 Å². The summed E-state index contributed by atoms with van der Waals surface area (Å²) in [5.41, 5.74) is 0.710. The van der Waals surface area contributed by atoms with Crippen molar-refractivity contribution in [1.82, 2.24) is 0 Å². The van der Waals surface area contributed by atoms with E-state index < -0.39 is 0 Å². The van der Waals surface area contributed by atoms with Gasteiger partial charge in [-0.1, -0.05) is 71.1 Å². The molecule has 26 heavy (non-hydrogen) atoms. The van der Waals surface area contributed by atoms with Crippen LogP contribution < -0.4 is 4.74 Å². The van der Waals surface area contributed by atoms with Gasteiger partial charge in [-0.25, -0.2) is 0 Å². The van der Waals surface area contributed by atoms with Gasteiger partial charge in [-0.05, 0) is 25.3 Å². The number of aromatic hydroxyl groups is 2. The lowest BCUT2D eigenvalue weighted by Crippen LogP contribution is -2.19. The first-order valence-corrected chi connectivity index (χ1v) is 10.4. The van der Waals surface area contributed by atoms with Crippen molar-refractivity contribution in [3.8, 4) is 17.2 Å². The zero-order valence-electron chi connectivity index (χ0n) is 16.1. The van der Waals surface area contributed by atoms with Gasteiger partial charge in [-0.15, -0.1) is 0 Å². The van der Waals surface area contributed by atoms with E-state index in [0.29, 0.717) is 18.4 Å². The predicted molar refractivity (Wildman–Crippen MR) is 104 cm³/mol. The van der Waals surface area contributed by atoms with E-state index in [0.717, 1.165) is 19.3 Å². The number of phenols is 2. The summed E-state index contributed by atoms with van der Waals surface area (Å²) in [6.07, 6.45) is 15.0. The second kappa shape index (κ2) is 11.1. The number of carbonyl (C=O) groups is 1. The van der Waals surface area contributed by atoms with Crippen molar-refractivity contribution in [2.45, 2.75) is 90.4 Å². The standard InChI is InChI=1S/C22H34O4/c1-2-3-4-5-6-7-8-9-10-11-12-17-13-14-18-15-19(23)16-20(24)21(18)26-22(17)25/h15-17,23-24H,2-14H2,1H3. The van der Waals surface area contributed by atoms with Gasteiger partial charge in [0.05, 0.1) is 5.92 Å². The molecule has 0 aliphatic carbocycles. The third-order valence-electron chi connectivity index (χ3n) is 5.34. The minimum atomic E-state index is -0.249. The summed E-state index contributed by atoms with van der Waals surface area (Å²) in [6.45, 7) is 2.25. The van der Waals surface area contributed by atoms with Gasteiger partial charge < -0.3 is 14.9 Å². The minimum Gasteiger partial charge on any atom is -0.508 e. The molecule has 4 heteroatoms. The van der Waals surface area contributed by atoms with E-state index in [1.165, 1.54) is 57.4 Å². The fourth-order valence-corrected chi connectivity index (χ4v) is 3.73. The van der Waals surface area contributed by atoms with E-state index in [2.05, 4.69) is 6.92 Å². The topological polar surface area (TPSA) is 66.8 Å². The molecule has 0 saturated heterocycles. The van der Waals surface area contributed by atoms with E-state index in [4.69, 9.17) is 4.74 Å². The Morgan fingerprint density at radius 2 is 1.58 bits per heavy atom. The summed E-state index contributed by atoms with van der Waals surface area (Å²) in [7, 11) is 0. The molecule has 4 nitrogen and oxygen atoms in total. The molecule has 146 valence electrons. The van der Waals surface area contributed by atoms with E-state index >= 15 is 0 Å². The van der Waals surface area contributed by atoms with Crippen LogP contribution in [-0.2, 0) is 11.2 Å². The van der Waals surface area contributed by atoms with Crippen LogP contribution >= 0.6 is 0 Å². The number of benzene rings is 1. The Labute approximate surface area is 157 Å². The highest BCUT2D eigenvalue weighted by atomic mass is 16.5. The molecular formula is C22H34O4. The van der Waals surface area contributed by atoms with Gasteiger partial charge in [0.1, 0.15) is 5.75 Å². The van der Waals surface area contributed by atoms with Crippen LogP contribution in [-0.4, -0.2) is 16.2 Å². The molecule has 1 atom stereocenters. The van der Waals surface area contributed by atoms with E-state index in [9.17, 15) is 15.0 Å². The number of hydrogen-bond acceptors (Lipinski definition) is 4. The molecule has 0 spiro atoms. The Bertz CT molecular complexity index is 568. The molecule has 2 rings (SSSR count). The average molecular weight is 363 g/mol. The van der Waals surface area contributed by atoms with Crippen LogP contribution in [0, 0.1) is 5.92 Å². The highest BCUT2D eigenvalue weighted by Gasteiger charge is 2.27. The van der Waals surface area contributed by atoms with Crippen molar-refractivity contribution < 1.29 is 19.7 Å². The second-order valence-corrected chi connectivity index (χ2v) is 7.58. The summed E-state index contributed by atoms with van der Waals surface area (Å²) in [4.78, 5) is 12.3. The number of phenolic OH excluding ortho intramolecular Hbond substituents is 2. The van der Waals surface area contributed by atoms with Crippen LogP contribution in [0.4, 0.5) is 0 Å². The average Bonchev–Trinajstić information content (AvgIpc) is 2.76. The summed E-state index contributed by atoms with van der Waals surface area (Å²) >= 11 is 0. The van der Waals surface area contributed by atoms with Gasteiger partial charge in [-0.2, -0.15) is 0 Å². The number of esters is 1. The number of unbranched alkanes of at least 4 members (excludes halogenated alkanes) is 9. The monoisotopic (exact) mass is 362 g/mol. The molecule has 0 aromatic heterocycles. The van der Waals surface area contributed by atoms with Crippen molar-refractivity contribution in [1.29, 1.82) is 0 Å². The lowest BCUT2D eigenvalue weighted by molar-refractivity contribution is -0.139. The molecule has 1 unspecified atom stereocenters. The van der Waals surface area contributed by atoms with E-state index in [1.807, 2.05) is 0 Å². The predicted octanol–water partition coefficient (Wildman–Crippen LogP) is 5.88. The molecule has 1 heterocycles.